The Morgan fingerprint density at radius 1 is 0.893 bits per heavy atom. The van der Waals surface area contributed by atoms with Crippen molar-refractivity contribution in [3.63, 3.8) is 0 Å². The quantitative estimate of drug-likeness (QED) is 0.324. The molecular weight excluding hydrogens is 342 g/mol. The second-order valence-corrected chi connectivity index (χ2v) is 8.77. The van der Waals surface area contributed by atoms with Crippen molar-refractivity contribution in [1.82, 2.24) is 0 Å². The Bertz CT molecular complexity index is 563. The molecule has 2 heteroatoms. The largest absolute Gasteiger partial charge is 0.494 e. The fourth-order valence-corrected chi connectivity index (χ4v) is 4.63. The van der Waals surface area contributed by atoms with Crippen LogP contribution in [0.2, 0.25) is 0 Å². The molecule has 1 aromatic carbocycles. The zero-order chi connectivity index (χ0) is 20.1. The molecule has 156 valence electrons. The third kappa shape index (κ3) is 7.16. The number of benzene rings is 1. The lowest BCUT2D eigenvalue weighted by atomic mass is 9.67. The number of hydrogen-bond donors (Lipinski definition) is 0. The van der Waals surface area contributed by atoms with Crippen LogP contribution in [0.25, 0.3) is 0 Å². The third-order valence-electron chi connectivity index (χ3n) is 6.54. The van der Waals surface area contributed by atoms with Crippen molar-refractivity contribution in [2.45, 2.75) is 109 Å². The highest BCUT2D eigenvalue weighted by atomic mass is 16.5. The molecule has 0 bridgehead atoms. The molecule has 2 nitrogen and oxygen atoms in total. The molecule has 1 aromatic rings. The maximum absolute atomic E-state index is 9.89. The van der Waals surface area contributed by atoms with Gasteiger partial charge in [-0.15, -0.1) is 0 Å². The molecule has 1 aliphatic rings. The first-order valence-corrected chi connectivity index (χ1v) is 11.9. The molecule has 0 aliphatic heterocycles. The Hall–Kier alpha value is -1.49. The van der Waals surface area contributed by atoms with Gasteiger partial charge in [0.15, 0.2) is 0 Å². The maximum atomic E-state index is 9.89. The van der Waals surface area contributed by atoms with Gasteiger partial charge in [0.2, 0.25) is 0 Å². The summed E-state index contributed by atoms with van der Waals surface area (Å²) in [6.07, 6.45) is 17.5. The van der Waals surface area contributed by atoms with Gasteiger partial charge in [-0.2, -0.15) is 5.26 Å². The van der Waals surface area contributed by atoms with E-state index in [1.54, 1.807) is 0 Å². The van der Waals surface area contributed by atoms with Gasteiger partial charge in [-0.1, -0.05) is 83.8 Å². The highest BCUT2D eigenvalue weighted by molar-refractivity contribution is 5.37. The van der Waals surface area contributed by atoms with Crippen molar-refractivity contribution in [2.24, 2.45) is 5.92 Å². The van der Waals surface area contributed by atoms with Crippen molar-refractivity contribution in [1.29, 1.82) is 5.26 Å². The average Bonchev–Trinajstić information content (AvgIpc) is 2.74. The van der Waals surface area contributed by atoms with E-state index < -0.39 is 0 Å². The summed E-state index contributed by atoms with van der Waals surface area (Å²) >= 11 is 0. The van der Waals surface area contributed by atoms with Crippen LogP contribution in [0, 0.1) is 17.2 Å². The normalized spacial score (nSPS) is 22.0. The van der Waals surface area contributed by atoms with Crippen LogP contribution >= 0.6 is 0 Å². The average molecular weight is 384 g/mol. The van der Waals surface area contributed by atoms with Gasteiger partial charge in [-0.05, 0) is 55.7 Å². The lowest BCUT2D eigenvalue weighted by Crippen LogP contribution is -2.30. The minimum absolute atomic E-state index is 0.277. The summed E-state index contributed by atoms with van der Waals surface area (Å²) in [5, 5.41) is 9.89. The van der Waals surface area contributed by atoms with Gasteiger partial charge in [0, 0.05) is 0 Å². The van der Waals surface area contributed by atoms with E-state index in [1.807, 2.05) is 0 Å². The van der Waals surface area contributed by atoms with Crippen LogP contribution in [0.1, 0.15) is 109 Å². The summed E-state index contributed by atoms with van der Waals surface area (Å²) in [6, 6.07) is 11.1. The van der Waals surface area contributed by atoms with Gasteiger partial charge in [0.05, 0.1) is 18.1 Å². The highest BCUT2D eigenvalue weighted by Crippen LogP contribution is 2.42. The molecule has 1 saturated carbocycles. The van der Waals surface area contributed by atoms with Gasteiger partial charge in [-0.3, -0.25) is 0 Å². The molecule has 2 rings (SSSR count). The molecule has 0 N–H and O–H groups in total. The number of ether oxygens (including phenoxy) is 1. The molecular formula is C26H41NO. The van der Waals surface area contributed by atoms with Crippen molar-refractivity contribution < 1.29 is 4.74 Å². The summed E-state index contributed by atoms with van der Waals surface area (Å²) < 4.78 is 5.93. The Morgan fingerprint density at radius 2 is 1.50 bits per heavy atom. The van der Waals surface area contributed by atoms with Crippen LogP contribution in [0.15, 0.2) is 24.3 Å². The van der Waals surface area contributed by atoms with Crippen LogP contribution in [0.4, 0.5) is 0 Å². The van der Waals surface area contributed by atoms with E-state index in [2.05, 4.69) is 44.2 Å². The summed E-state index contributed by atoms with van der Waals surface area (Å²) in [6.45, 7) is 5.33. The van der Waals surface area contributed by atoms with E-state index >= 15 is 0 Å². The smallest absolute Gasteiger partial charge is 0.119 e. The zero-order valence-electron chi connectivity index (χ0n) is 18.3. The number of unbranched alkanes of at least 4 members (excludes halogenated alkanes) is 7. The summed E-state index contributed by atoms with van der Waals surface area (Å²) in [4.78, 5) is 0. The van der Waals surface area contributed by atoms with Crippen LogP contribution < -0.4 is 4.74 Å². The van der Waals surface area contributed by atoms with Gasteiger partial charge in [0.1, 0.15) is 5.75 Å². The first-order chi connectivity index (χ1) is 13.7. The van der Waals surface area contributed by atoms with Crippen LogP contribution in [0.3, 0.4) is 0 Å². The van der Waals surface area contributed by atoms with Gasteiger partial charge in [-0.25, -0.2) is 0 Å². The van der Waals surface area contributed by atoms with Gasteiger partial charge < -0.3 is 4.74 Å². The maximum Gasteiger partial charge on any atom is 0.119 e. The molecule has 1 fully saturated rings. The zero-order valence-corrected chi connectivity index (χ0v) is 18.3. The lowest BCUT2D eigenvalue weighted by molar-refractivity contribution is 0.265. The summed E-state index contributed by atoms with van der Waals surface area (Å²) in [7, 11) is 0. The molecule has 0 aromatic heterocycles. The number of nitriles is 1. The second kappa shape index (κ2) is 12.9. The fourth-order valence-electron chi connectivity index (χ4n) is 4.63. The number of nitrogens with zero attached hydrogens (tertiary/aromatic N) is 1. The van der Waals surface area contributed by atoms with Crippen molar-refractivity contribution in [2.75, 3.05) is 6.61 Å². The second-order valence-electron chi connectivity index (χ2n) is 8.77. The van der Waals surface area contributed by atoms with E-state index in [1.165, 1.54) is 76.2 Å². The van der Waals surface area contributed by atoms with Crippen molar-refractivity contribution >= 4 is 0 Å². The van der Waals surface area contributed by atoms with E-state index in [4.69, 9.17) is 4.74 Å². The molecule has 0 atom stereocenters. The standard InChI is InChI=1S/C26H41NO/c1-3-5-6-7-8-9-10-11-21-28-25-15-13-24(14-16-25)26(22-27)19-17-23(12-4-2)18-20-26/h13-16,23H,3-12,17-21H2,1-2H3. The van der Waals surface area contributed by atoms with E-state index in [0.29, 0.717) is 0 Å². The molecule has 0 heterocycles. The molecule has 0 unspecified atom stereocenters. The molecule has 0 saturated heterocycles. The monoisotopic (exact) mass is 383 g/mol. The Kier molecular flexibility index (Phi) is 10.5. The van der Waals surface area contributed by atoms with Crippen LogP contribution in [-0.2, 0) is 5.41 Å². The molecule has 28 heavy (non-hydrogen) atoms. The Balaban J connectivity index is 1.70. The van der Waals surface area contributed by atoms with E-state index in [0.717, 1.165) is 37.5 Å². The minimum Gasteiger partial charge on any atom is -0.494 e. The predicted octanol–water partition coefficient (Wildman–Crippen LogP) is 7.96. The number of hydrogen-bond acceptors (Lipinski definition) is 2. The lowest BCUT2D eigenvalue weighted by Gasteiger charge is -2.35. The number of rotatable bonds is 13. The predicted molar refractivity (Wildman–Crippen MR) is 119 cm³/mol. The highest BCUT2D eigenvalue weighted by Gasteiger charge is 2.36. The minimum atomic E-state index is -0.277. The fraction of sp³-hybridized carbons (Fsp3) is 0.731. The van der Waals surface area contributed by atoms with Gasteiger partial charge in [0.25, 0.3) is 0 Å². The van der Waals surface area contributed by atoms with Crippen molar-refractivity contribution in [3.8, 4) is 11.8 Å². The molecule has 0 spiro atoms. The first-order valence-electron chi connectivity index (χ1n) is 11.9. The molecule has 1 aliphatic carbocycles. The SMILES string of the molecule is CCCCCCCCCCOc1ccc(C2(C#N)CCC(CCC)CC2)cc1. The Morgan fingerprint density at radius 3 is 2.07 bits per heavy atom. The topological polar surface area (TPSA) is 33.0 Å². The first kappa shape index (κ1) is 22.8. The van der Waals surface area contributed by atoms with E-state index in [9.17, 15) is 5.26 Å². The third-order valence-corrected chi connectivity index (χ3v) is 6.54. The summed E-state index contributed by atoms with van der Waals surface area (Å²) in [5.74, 6) is 1.76. The summed E-state index contributed by atoms with van der Waals surface area (Å²) in [5.41, 5.74) is 0.907. The van der Waals surface area contributed by atoms with E-state index in [-0.39, 0.29) is 5.41 Å². The van der Waals surface area contributed by atoms with Crippen molar-refractivity contribution in [3.05, 3.63) is 29.8 Å². The van der Waals surface area contributed by atoms with Gasteiger partial charge >= 0.3 is 0 Å². The molecule has 0 amide bonds. The molecule has 0 radical (unpaired) electrons. The Labute approximate surface area is 173 Å². The van der Waals surface area contributed by atoms with Crippen LogP contribution in [-0.4, -0.2) is 6.61 Å². The van der Waals surface area contributed by atoms with Crippen LogP contribution in [0.5, 0.6) is 5.75 Å².